The van der Waals surface area contributed by atoms with Crippen LogP contribution in [-0.2, 0) is 0 Å². The summed E-state index contributed by atoms with van der Waals surface area (Å²) >= 11 is 0. The third kappa shape index (κ3) is 3.18. The Kier molecular flexibility index (Phi) is 5.29. The van der Waals surface area contributed by atoms with Crippen LogP contribution in [0.5, 0.6) is 0 Å². The molecule has 7 atom stereocenters. The Morgan fingerprint density at radius 1 is 1.19 bits per heavy atom. The maximum absolute atomic E-state index is 11.7. The number of carboxylic acid groups (broad SMARTS) is 1. The van der Waals surface area contributed by atoms with Crippen LogP contribution in [-0.4, -0.2) is 28.7 Å². The maximum Gasteiger partial charge on any atom is 0.407 e. The summed E-state index contributed by atoms with van der Waals surface area (Å²) in [5.41, 5.74) is 3.01. The van der Waals surface area contributed by atoms with Crippen LogP contribution in [0.1, 0.15) is 83.6 Å². The van der Waals surface area contributed by atoms with Gasteiger partial charge in [-0.2, -0.15) is 0 Å². The second-order valence-electron chi connectivity index (χ2n) is 11.3. The van der Waals surface area contributed by atoms with E-state index in [-0.39, 0.29) is 17.1 Å². The summed E-state index contributed by atoms with van der Waals surface area (Å²) in [5, 5.41) is 9.63. The minimum Gasteiger partial charge on any atom is -0.465 e. The first kappa shape index (κ1) is 21.8. The lowest BCUT2D eigenvalue weighted by molar-refractivity contribution is -0.0700. The van der Waals surface area contributed by atoms with Gasteiger partial charge >= 0.3 is 11.7 Å². The smallest absolute Gasteiger partial charge is 0.407 e. The van der Waals surface area contributed by atoms with Gasteiger partial charge in [0.25, 0.3) is 0 Å². The highest BCUT2D eigenvalue weighted by Gasteiger charge is 2.58. The van der Waals surface area contributed by atoms with E-state index in [1.54, 1.807) is 22.8 Å². The zero-order chi connectivity index (χ0) is 22.7. The molecule has 174 valence electrons. The molecule has 1 heterocycles. The van der Waals surface area contributed by atoms with E-state index in [2.05, 4.69) is 19.9 Å². The van der Waals surface area contributed by atoms with Crippen LogP contribution in [0, 0.1) is 28.6 Å². The van der Waals surface area contributed by atoms with Crippen LogP contribution >= 0.6 is 0 Å². The van der Waals surface area contributed by atoms with Crippen LogP contribution in [0.2, 0.25) is 0 Å². The fraction of sp³-hybridized carbons (Fsp3) is 0.704. The van der Waals surface area contributed by atoms with E-state index in [0.29, 0.717) is 35.6 Å². The molecule has 5 nitrogen and oxygen atoms in total. The standard InChI is InChI=1S/C27H37NO4/c1-4-28(25(30)31)19-11-13-26(2)18(15-19)6-7-20-22-9-8-21(17-5-10-24(29)32-16-17)27(22,3)14-12-23(20)26/h5,9-10,16,18-21,23H,4,6-8,11-15H2,1-3H3,(H,30,31)/t18-,19+,20+,21-,23+,26+,27-/m1/s1. The second-order valence-corrected chi connectivity index (χ2v) is 11.3. The molecular formula is C27H37NO4. The van der Waals surface area contributed by atoms with Crippen molar-refractivity contribution in [1.82, 2.24) is 4.90 Å². The molecule has 0 radical (unpaired) electrons. The molecule has 5 heteroatoms. The predicted molar refractivity (Wildman–Crippen MR) is 124 cm³/mol. The number of rotatable bonds is 3. The van der Waals surface area contributed by atoms with Crippen molar-refractivity contribution in [2.75, 3.05) is 6.54 Å². The molecule has 0 aromatic carbocycles. The van der Waals surface area contributed by atoms with Gasteiger partial charge in [-0.15, -0.1) is 0 Å². The van der Waals surface area contributed by atoms with Crippen molar-refractivity contribution in [2.45, 2.75) is 84.1 Å². The van der Waals surface area contributed by atoms with Crippen molar-refractivity contribution in [3.8, 4) is 0 Å². The summed E-state index contributed by atoms with van der Waals surface area (Å²) in [4.78, 5) is 24.9. The first-order valence-corrected chi connectivity index (χ1v) is 12.6. The van der Waals surface area contributed by atoms with E-state index in [9.17, 15) is 14.7 Å². The van der Waals surface area contributed by atoms with Gasteiger partial charge in [0.2, 0.25) is 0 Å². The minimum atomic E-state index is -0.762. The van der Waals surface area contributed by atoms with Crippen molar-refractivity contribution in [2.24, 2.45) is 28.6 Å². The number of allylic oxidation sites excluding steroid dienone is 2. The molecular weight excluding hydrogens is 402 g/mol. The Morgan fingerprint density at radius 2 is 2.00 bits per heavy atom. The minimum absolute atomic E-state index is 0.157. The lowest BCUT2D eigenvalue weighted by Crippen LogP contribution is -2.54. The number of fused-ring (bicyclic) bond motifs is 5. The lowest BCUT2D eigenvalue weighted by atomic mass is 9.45. The van der Waals surface area contributed by atoms with Gasteiger partial charge in [0.1, 0.15) is 0 Å². The molecule has 4 aliphatic carbocycles. The van der Waals surface area contributed by atoms with Crippen LogP contribution < -0.4 is 5.63 Å². The molecule has 4 aliphatic rings. The van der Waals surface area contributed by atoms with Crippen molar-refractivity contribution in [1.29, 1.82) is 0 Å². The van der Waals surface area contributed by atoms with E-state index in [4.69, 9.17) is 4.42 Å². The molecule has 0 aliphatic heterocycles. The average Bonchev–Trinajstić information content (AvgIpc) is 3.12. The van der Waals surface area contributed by atoms with E-state index in [1.807, 2.05) is 13.0 Å². The highest BCUT2D eigenvalue weighted by Crippen LogP contribution is 2.67. The van der Waals surface area contributed by atoms with Gasteiger partial charge < -0.3 is 14.4 Å². The fourth-order valence-corrected chi connectivity index (χ4v) is 8.47. The Labute approximate surface area is 190 Å². The normalized spacial score (nSPS) is 40.6. The van der Waals surface area contributed by atoms with Crippen molar-refractivity contribution in [3.63, 3.8) is 0 Å². The van der Waals surface area contributed by atoms with Gasteiger partial charge in [0, 0.05) is 18.7 Å². The Hall–Kier alpha value is -2.04. The summed E-state index contributed by atoms with van der Waals surface area (Å²) < 4.78 is 5.22. The molecule has 0 saturated heterocycles. The largest absolute Gasteiger partial charge is 0.465 e. The van der Waals surface area contributed by atoms with Gasteiger partial charge in [-0.05, 0) is 104 Å². The molecule has 5 rings (SSSR count). The summed E-state index contributed by atoms with van der Waals surface area (Å²) in [5.74, 6) is 2.38. The molecule has 1 aromatic heterocycles. The SMILES string of the molecule is CCN(C(=O)O)[C@H]1CC[C@@]2(C)[C@H](CC[C@H]3C4=CC[C@H](c5ccc(=O)oc5)[C@@]4(C)CC[C@@H]32)C1. The molecule has 0 bridgehead atoms. The summed E-state index contributed by atoms with van der Waals surface area (Å²) in [6, 6.07) is 3.71. The number of carbonyl (C=O) groups is 1. The maximum atomic E-state index is 11.7. The Morgan fingerprint density at radius 3 is 2.69 bits per heavy atom. The summed E-state index contributed by atoms with van der Waals surface area (Å²) in [7, 11) is 0. The topological polar surface area (TPSA) is 70.8 Å². The highest BCUT2D eigenvalue weighted by atomic mass is 16.4. The molecule has 0 unspecified atom stereocenters. The van der Waals surface area contributed by atoms with E-state index >= 15 is 0 Å². The molecule has 3 saturated carbocycles. The third-order valence-electron chi connectivity index (χ3n) is 10.2. The van der Waals surface area contributed by atoms with E-state index < -0.39 is 6.09 Å². The quantitative estimate of drug-likeness (QED) is 0.582. The highest BCUT2D eigenvalue weighted by molar-refractivity contribution is 5.65. The van der Waals surface area contributed by atoms with Crippen LogP contribution in [0.15, 0.2) is 39.3 Å². The van der Waals surface area contributed by atoms with Crippen LogP contribution in [0.3, 0.4) is 0 Å². The van der Waals surface area contributed by atoms with E-state index in [1.165, 1.54) is 25.7 Å². The third-order valence-corrected chi connectivity index (χ3v) is 10.2. The zero-order valence-electron chi connectivity index (χ0n) is 19.7. The first-order valence-electron chi connectivity index (χ1n) is 12.6. The number of nitrogens with zero attached hydrogens (tertiary/aromatic N) is 1. The van der Waals surface area contributed by atoms with Crippen LogP contribution in [0.25, 0.3) is 0 Å². The predicted octanol–water partition coefficient (Wildman–Crippen LogP) is 6.05. The van der Waals surface area contributed by atoms with Crippen LogP contribution in [0.4, 0.5) is 4.79 Å². The Bertz CT molecular complexity index is 962. The zero-order valence-corrected chi connectivity index (χ0v) is 19.7. The van der Waals surface area contributed by atoms with E-state index in [0.717, 1.165) is 31.2 Å². The molecule has 32 heavy (non-hydrogen) atoms. The van der Waals surface area contributed by atoms with Gasteiger partial charge in [-0.1, -0.05) is 25.5 Å². The molecule has 3 fully saturated rings. The Balaban J connectivity index is 1.37. The van der Waals surface area contributed by atoms with Crippen molar-refractivity contribution < 1.29 is 14.3 Å². The summed E-state index contributed by atoms with van der Waals surface area (Å²) in [6.07, 6.45) is 12.5. The van der Waals surface area contributed by atoms with Gasteiger partial charge in [-0.25, -0.2) is 9.59 Å². The monoisotopic (exact) mass is 439 g/mol. The van der Waals surface area contributed by atoms with Gasteiger partial charge in [-0.3, -0.25) is 0 Å². The number of hydrogen-bond donors (Lipinski definition) is 1. The van der Waals surface area contributed by atoms with Gasteiger partial charge in [0.15, 0.2) is 0 Å². The number of hydrogen-bond acceptors (Lipinski definition) is 3. The molecule has 0 spiro atoms. The average molecular weight is 440 g/mol. The van der Waals surface area contributed by atoms with Crippen molar-refractivity contribution >= 4 is 6.09 Å². The molecule has 1 amide bonds. The second kappa shape index (κ2) is 7.78. The lowest BCUT2D eigenvalue weighted by Gasteiger charge is -2.60. The molecule has 1 aromatic rings. The number of amides is 1. The fourth-order valence-electron chi connectivity index (χ4n) is 8.47. The van der Waals surface area contributed by atoms with Crippen molar-refractivity contribution in [3.05, 3.63) is 46.0 Å². The molecule has 1 N–H and O–H groups in total. The summed E-state index contributed by atoms with van der Waals surface area (Å²) in [6.45, 7) is 7.50. The first-order chi connectivity index (χ1) is 15.3. The van der Waals surface area contributed by atoms with Gasteiger partial charge in [0.05, 0.1) is 6.26 Å².